The lowest BCUT2D eigenvalue weighted by Crippen LogP contribution is -2.17. The van der Waals surface area contributed by atoms with E-state index >= 15 is 0 Å². The van der Waals surface area contributed by atoms with Crippen LogP contribution >= 0.6 is 0 Å². The molecule has 4 heteroatoms. The smallest absolute Gasteiger partial charge is 0.101 e. The maximum Gasteiger partial charge on any atom is 0.101 e. The zero-order valence-electron chi connectivity index (χ0n) is 30.6. The number of fused-ring (bicyclic) bond motifs is 12. The molecule has 0 amide bonds. The Morgan fingerprint density at radius 1 is 0.527 bits per heavy atom. The van der Waals surface area contributed by atoms with E-state index < -0.39 is 0 Å². The average Bonchev–Trinajstić information content (AvgIpc) is 3.83. The van der Waals surface area contributed by atoms with Crippen molar-refractivity contribution < 1.29 is 0 Å². The van der Waals surface area contributed by atoms with E-state index in [-0.39, 0.29) is 5.41 Å². The third-order valence-corrected chi connectivity index (χ3v) is 12.3. The number of aromatic nitrogens is 2. The Hall–Kier alpha value is -7.14. The SMILES string of the molecule is CC1(C)c2ccccc2-c2ccc3c4ccccc4n(-c4cc(C#N)c(-n5c6c(c7cc(-c8ccccc8)ccc75)-c5ccccc5CC6)cc4C#N)c3c21. The number of hydrogen-bond acceptors (Lipinski definition) is 2. The van der Waals surface area contributed by atoms with E-state index in [1.165, 1.54) is 44.6 Å². The van der Waals surface area contributed by atoms with Crippen molar-refractivity contribution in [3.8, 4) is 56.9 Å². The quantitative estimate of drug-likeness (QED) is 0.184. The van der Waals surface area contributed by atoms with Crippen LogP contribution in [0.4, 0.5) is 0 Å². The fraction of sp³-hybridized carbons (Fsp3) is 0.0980. The second-order valence-corrected chi connectivity index (χ2v) is 15.4. The molecule has 0 radical (unpaired) electrons. The third kappa shape index (κ3) is 4.26. The second-order valence-electron chi connectivity index (χ2n) is 15.4. The lowest BCUT2D eigenvalue weighted by atomic mass is 9.81. The molecular weight excluding hydrogens is 669 g/mol. The predicted octanol–water partition coefficient (Wildman–Crippen LogP) is 12.2. The first-order chi connectivity index (χ1) is 27.0. The minimum atomic E-state index is -0.277. The van der Waals surface area contributed by atoms with Gasteiger partial charge in [-0.3, -0.25) is 0 Å². The Bertz CT molecular complexity index is 3190. The van der Waals surface area contributed by atoms with Gasteiger partial charge < -0.3 is 9.13 Å². The van der Waals surface area contributed by atoms with Crippen LogP contribution in [0.1, 0.15) is 47.4 Å². The molecule has 0 spiro atoms. The minimum absolute atomic E-state index is 0.277. The molecule has 2 aliphatic carbocycles. The molecule has 0 atom stereocenters. The zero-order valence-corrected chi connectivity index (χ0v) is 30.6. The number of rotatable bonds is 3. The molecule has 0 aliphatic heterocycles. The highest BCUT2D eigenvalue weighted by molar-refractivity contribution is 6.13. The predicted molar refractivity (Wildman–Crippen MR) is 223 cm³/mol. The molecule has 0 N–H and O–H groups in total. The van der Waals surface area contributed by atoms with Crippen molar-refractivity contribution in [2.45, 2.75) is 32.1 Å². The molecule has 0 fully saturated rings. The standard InChI is InChI=1S/C51H34N4/c1-51(2)42-18-10-8-16-37(42)39-22-23-40-38-17-9-11-19-43(38)55(50(40)49(39)51)47-28-34(29-52)46(27-35(47)30-53)54-44-24-21-33(31-12-4-3-5-13-31)26-41(44)48-36-15-7-6-14-32(36)20-25-45(48)54/h3-19,21-24,26-28H,20,25H2,1-2H3. The van der Waals surface area contributed by atoms with Crippen molar-refractivity contribution in [3.05, 3.63) is 179 Å². The van der Waals surface area contributed by atoms with Gasteiger partial charge >= 0.3 is 0 Å². The van der Waals surface area contributed by atoms with E-state index in [1.54, 1.807) is 0 Å². The van der Waals surface area contributed by atoms with Crippen LogP contribution in [0, 0.1) is 22.7 Å². The fourth-order valence-electron chi connectivity index (χ4n) is 9.89. The molecule has 2 aromatic heterocycles. The van der Waals surface area contributed by atoms with Gasteiger partial charge in [0.2, 0.25) is 0 Å². The Labute approximate surface area is 319 Å². The normalized spacial score (nSPS) is 13.6. The van der Waals surface area contributed by atoms with Crippen LogP contribution < -0.4 is 0 Å². The van der Waals surface area contributed by atoms with Gasteiger partial charge in [0.05, 0.1) is 39.1 Å². The highest BCUT2D eigenvalue weighted by atomic mass is 15.0. The molecule has 0 saturated carbocycles. The molecule has 2 heterocycles. The van der Waals surface area contributed by atoms with Crippen LogP contribution in [0.2, 0.25) is 0 Å². The maximum absolute atomic E-state index is 11.1. The van der Waals surface area contributed by atoms with E-state index in [0.717, 1.165) is 68.1 Å². The number of nitrogens with zero attached hydrogens (tertiary/aromatic N) is 4. The van der Waals surface area contributed by atoms with Crippen LogP contribution in [0.5, 0.6) is 0 Å². The second kappa shape index (κ2) is 11.4. The molecule has 0 bridgehead atoms. The summed E-state index contributed by atoms with van der Waals surface area (Å²) in [6.45, 7) is 4.60. The summed E-state index contributed by atoms with van der Waals surface area (Å²) in [5.41, 5.74) is 17.6. The minimum Gasteiger partial charge on any atom is -0.312 e. The van der Waals surface area contributed by atoms with Gasteiger partial charge in [0.15, 0.2) is 0 Å². The molecule has 0 saturated heterocycles. The van der Waals surface area contributed by atoms with E-state index in [9.17, 15) is 10.5 Å². The Morgan fingerprint density at radius 3 is 2.00 bits per heavy atom. The summed E-state index contributed by atoms with van der Waals surface area (Å²) >= 11 is 0. The molecule has 2 aliphatic rings. The molecule has 4 nitrogen and oxygen atoms in total. The Balaban J connectivity index is 1.21. The van der Waals surface area contributed by atoms with Gasteiger partial charge in [-0.1, -0.05) is 129 Å². The monoisotopic (exact) mass is 702 g/mol. The molecule has 0 unspecified atom stereocenters. The summed E-state index contributed by atoms with van der Waals surface area (Å²) in [6, 6.07) is 56.6. The van der Waals surface area contributed by atoms with Crippen LogP contribution in [-0.4, -0.2) is 9.13 Å². The summed E-state index contributed by atoms with van der Waals surface area (Å²) in [7, 11) is 0. The van der Waals surface area contributed by atoms with Gasteiger partial charge in [-0.05, 0) is 87.7 Å². The fourth-order valence-corrected chi connectivity index (χ4v) is 9.89. The van der Waals surface area contributed by atoms with Crippen molar-refractivity contribution in [2.24, 2.45) is 0 Å². The van der Waals surface area contributed by atoms with Crippen LogP contribution in [0.3, 0.4) is 0 Å². The number of aryl methyl sites for hydroxylation is 1. The number of para-hydroxylation sites is 1. The number of nitriles is 2. The number of hydrogen-bond donors (Lipinski definition) is 0. The van der Waals surface area contributed by atoms with Crippen molar-refractivity contribution >= 4 is 32.7 Å². The lowest BCUT2D eigenvalue weighted by molar-refractivity contribution is 0.664. The van der Waals surface area contributed by atoms with Crippen LogP contribution in [-0.2, 0) is 18.3 Å². The summed E-state index contributed by atoms with van der Waals surface area (Å²) in [6.07, 6.45) is 1.73. The zero-order chi connectivity index (χ0) is 37.0. The first-order valence-electron chi connectivity index (χ1n) is 18.9. The molecule has 55 heavy (non-hydrogen) atoms. The molecule has 7 aromatic carbocycles. The summed E-state index contributed by atoms with van der Waals surface area (Å²) in [4.78, 5) is 0. The molecule has 9 aromatic rings. The molecule has 11 rings (SSSR count). The van der Waals surface area contributed by atoms with Crippen LogP contribution in [0.25, 0.3) is 77.5 Å². The van der Waals surface area contributed by atoms with Gasteiger partial charge in [0.1, 0.15) is 12.1 Å². The number of benzene rings is 7. The summed E-state index contributed by atoms with van der Waals surface area (Å²) in [5.74, 6) is 0. The van der Waals surface area contributed by atoms with E-state index in [0.29, 0.717) is 11.1 Å². The van der Waals surface area contributed by atoms with Crippen molar-refractivity contribution in [1.29, 1.82) is 10.5 Å². The van der Waals surface area contributed by atoms with E-state index in [2.05, 4.69) is 163 Å². The van der Waals surface area contributed by atoms with E-state index in [4.69, 9.17) is 0 Å². The Morgan fingerprint density at radius 2 is 1.20 bits per heavy atom. The highest BCUT2D eigenvalue weighted by Crippen LogP contribution is 2.53. The molecule has 258 valence electrons. The van der Waals surface area contributed by atoms with Crippen molar-refractivity contribution in [3.63, 3.8) is 0 Å². The first-order valence-corrected chi connectivity index (χ1v) is 18.9. The van der Waals surface area contributed by atoms with Gasteiger partial charge in [0, 0.05) is 32.8 Å². The van der Waals surface area contributed by atoms with Crippen molar-refractivity contribution in [1.82, 2.24) is 9.13 Å². The van der Waals surface area contributed by atoms with Gasteiger partial charge in [0.25, 0.3) is 0 Å². The van der Waals surface area contributed by atoms with Gasteiger partial charge in [-0.15, -0.1) is 0 Å². The third-order valence-electron chi connectivity index (χ3n) is 12.3. The average molecular weight is 703 g/mol. The van der Waals surface area contributed by atoms with Crippen LogP contribution in [0.15, 0.2) is 146 Å². The maximum atomic E-state index is 11.1. The van der Waals surface area contributed by atoms with Gasteiger partial charge in [-0.2, -0.15) is 10.5 Å². The Kier molecular flexibility index (Phi) is 6.52. The summed E-state index contributed by atoms with van der Waals surface area (Å²) in [5, 5.41) is 25.5. The first kappa shape index (κ1) is 31.4. The molecular formula is C51H34N4. The lowest BCUT2D eigenvalue weighted by Gasteiger charge is -2.24. The highest BCUT2D eigenvalue weighted by Gasteiger charge is 2.38. The summed E-state index contributed by atoms with van der Waals surface area (Å²) < 4.78 is 4.52. The van der Waals surface area contributed by atoms with Crippen molar-refractivity contribution in [2.75, 3.05) is 0 Å². The largest absolute Gasteiger partial charge is 0.312 e. The van der Waals surface area contributed by atoms with Gasteiger partial charge in [-0.25, -0.2) is 0 Å². The topological polar surface area (TPSA) is 57.4 Å². The van der Waals surface area contributed by atoms with E-state index in [1.807, 2.05) is 18.2 Å².